The van der Waals surface area contributed by atoms with Crippen molar-refractivity contribution in [3.8, 4) is 0 Å². The molecule has 0 radical (unpaired) electrons. The summed E-state index contributed by atoms with van der Waals surface area (Å²) in [6.45, 7) is 0. The molecule has 0 saturated heterocycles. The number of nitrogens with two attached hydrogens (primary N) is 1. The summed E-state index contributed by atoms with van der Waals surface area (Å²) in [6.07, 6.45) is -0.694. The third-order valence-corrected chi connectivity index (χ3v) is 8.95. The van der Waals surface area contributed by atoms with Gasteiger partial charge < -0.3 is 26.8 Å². The number of anilines is 3. The summed E-state index contributed by atoms with van der Waals surface area (Å²) in [7, 11) is -8.98. The number of carbonyl (C=O) groups is 4. The minimum absolute atomic E-state index is 0.0740. The van der Waals surface area contributed by atoms with Crippen LogP contribution in [0.2, 0.25) is 0 Å². The molecule has 0 bridgehead atoms. The van der Waals surface area contributed by atoms with Gasteiger partial charge in [-0.05, 0) is 65.4 Å². The Kier molecular flexibility index (Phi) is 9.48. The third-order valence-electron chi connectivity index (χ3n) is 7.25. The van der Waals surface area contributed by atoms with Gasteiger partial charge in [-0.15, -0.1) is 0 Å². The fourth-order valence-electron chi connectivity index (χ4n) is 4.93. The second-order valence-corrected chi connectivity index (χ2v) is 13.6. The van der Waals surface area contributed by atoms with Crippen molar-refractivity contribution in [1.29, 1.82) is 0 Å². The standard InChI is InChI=1S/C32H26N4O11S2/c33-26(16-29(37)38)32(41)34-21-12-19(30(39)35-27-5-1-3-17-14-22(48(42,43)44)7-9-24(17)27)11-20(13-21)31(40)36-28-6-2-4-18-15-23(49(45,46)47)8-10-25(18)28/h1-15,26H,16,33H2,(H,34,41)(H,35,39)(H,36,40)(H,37,38)(H,42,43,44)(H,45,46,47)/t26-/m0/s1. The Bertz CT molecular complexity index is 2270. The summed E-state index contributed by atoms with van der Waals surface area (Å²) in [4.78, 5) is 50.1. The number of fused-ring (bicyclic) bond motifs is 2. The summed E-state index contributed by atoms with van der Waals surface area (Å²) >= 11 is 0. The van der Waals surface area contributed by atoms with E-state index in [0.29, 0.717) is 21.5 Å². The Morgan fingerprint density at radius 2 is 1.08 bits per heavy atom. The highest BCUT2D eigenvalue weighted by atomic mass is 32.2. The van der Waals surface area contributed by atoms with Crippen LogP contribution in [0.1, 0.15) is 27.1 Å². The Morgan fingerprint density at radius 1 is 0.633 bits per heavy atom. The number of aliphatic carboxylic acids is 1. The molecular weight excluding hydrogens is 681 g/mol. The first-order valence-electron chi connectivity index (χ1n) is 14.1. The fourth-order valence-corrected chi connectivity index (χ4v) is 5.96. The van der Waals surface area contributed by atoms with E-state index in [0.717, 1.165) is 12.1 Å². The van der Waals surface area contributed by atoms with Crippen molar-refractivity contribution in [2.75, 3.05) is 16.0 Å². The summed E-state index contributed by atoms with van der Waals surface area (Å²) in [6, 6.07) is 19.0. The molecular formula is C32H26N4O11S2. The largest absolute Gasteiger partial charge is 0.481 e. The van der Waals surface area contributed by atoms with Gasteiger partial charge in [-0.2, -0.15) is 16.8 Å². The fraction of sp³-hybridized carbons (Fsp3) is 0.0625. The second-order valence-electron chi connectivity index (χ2n) is 10.7. The van der Waals surface area contributed by atoms with Crippen LogP contribution < -0.4 is 21.7 Å². The molecule has 0 aliphatic heterocycles. The van der Waals surface area contributed by atoms with Crippen molar-refractivity contribution in [3.05, 3.63) is 102 Å². The van der Waals surface area contributed by atoms with Crippen molar-refractivity contribution < 1.29 is 50.2 Å². The molecule has 15 nitrogen and oxygen atoms in total. The van der Waals surface area contributed by atoms with Gasteiger partial charge in [-0.25, -0.2) is 0 Å². The average molecular weight is 707 g/mol. The molecule has 3 amide bonds. The van der Waals surface area contributed by atoms with Crippen LogP contribution in [0.3, 0.4) is 0 Å². The number of carboxylic acid groups (broad SMARTS) is 1. The summed E-state index contributed by atoms with van der Waals surface area (Å²) < 4.78 is 65.2. The molecule has 5 aromatic rings. The highest BCUT2D eigenvalue weighted by molar-refractivity contribution is 7.86. The second kappa shape index (κ2) is 13.4. The average Bonchev–Trinajstić information content (AvgIpc) is 3.03. The Hall–Kier alpha value is -5.72. The van der Waals surface area contributed by atoms with Crippen LogP contribution in [0.4, 0.5) is 17.1 Å². The number of carbonyl (C=O) groups excluding carboxylic acids is 3. The normalized spacial score (nSPS) is 12.3. The van der Waals surface area contributed by atoms with Gasteiger partial charge in [-0.1, -0.05) is 36.4 Å². The van der Waals surface area contributed by atoms with Crippen LogP contribution in [0.5, 0.6) is 0 Å². The molecule has 5 aromatic carbocycles. The first kappa shape index (κ1) is 34.6. The molecule has 17 heteroatoms. The maximum atomic E-state index is 13.6. The van der Waals surface area contributed by atoms with E-state index in [1.165, 1.54) is 66.7 Å². The lowest BCUT2D eigenvalue weighted by Crippen LogP contribution is -2.37. The molecule has 1 atom stereocenters. The van der Waals surface area contributed by atoms with Crippen LogP contribution >= 0.6 is 0 Å². The van der Waals surface area contributed by atoms with Crippen LogP contribution in [0.15, 0.2) is 101 Å². The van der Waals surface area contributed by atoms with Gasteiger partial charge in [0, 0.05) is 39.0 Å². The predicted molar refractivity (Wildman–Crippen MR) is 179 cm³/mol. The SMILES string of the molecule is N[C@@H](CC(=O)O)C(=O)Nc1cc(C(=O)Nc2cccc3cc(S(=O)(=O)O)ccc23)cc(C(=O)Nc2cccc3cc(S(=O)(=O)O)ccc23)c1. The molecule has 0 aromatic heterocycles. The van der Waals surface area contributed by atoms with Crippen LogP contribution in [0, 0.1) is 0 Å². The smallest absolute Gasteiger partial charge is 0.305 e. The van der Waals surface area contributed by atoms with Crippen molar-refractivity contribution >= 4 is 82.5 Å². The van der Waals surface area contributed by atoms with E-state index >= 15 is 0 Å². The molecule has 252 valence electrons. The quantitative estimate of drug-likeness (QED) is 0.103. The van der Waals surface area contributed by atoms with Gasteiger partial charge >= 0.3 is 5.97 Å². The minimum atomic E-state index is -4.49. The van der Waals surface area contributed by atoms with Gasteiger partial charge in [-0.3, -0.25) is 28.3 Å². The first-order chi connectivity index (χ1) is 23.0. The van der Waals surface area contributed by atoms with E-state index < -0.39 is 56.4 Å². The number of rotatable bonds is 10. The number of hydrogen-bond donors (Lipinski definition) is 7. The molecule has 0 saturated carbocycles. The first-order valence-corrected chi connectivity index (χ1v) is 16.9. The van der Waals surface area contributed by atoms with Crippen molar-refractivity contribution in [2.45, 2.75) is 22.3 Å². The van der Waals surface area contributed by atoms with E-state index in [-0.39, 0.29) is 38.0 Å². The van der Waals surface area contributed by atoms with Crippen molar-refractivity contribution in [1.82, 2.24) is 0 Å². The van der Waals surface area contributed by atoms with Crippen LogP contribution in [0.25, 0.3) is 21.5 Å². The highest BCUT2D eigenvalue weighted by Gasteiger charge is 2.21. The Balaban J connectivity index is 1.50. The molecule has 0 aliphatic carbocycles. The minimum Gasteiger partial charge on any atom is -0.481 e. The molecule has 5 rings (SSSR count). The van der Waals surface area contributed by atoms with E-state index in [9.17, 15) is 45.1 Å². The highest BCUT2D eigenvalue weighted by Crippen LogP contribution is 2.29. The zero-order chi connectivity index (χ0) is 35.7. The zero-order valence-corrected chi connectivity index (χ0v) is 26.6. The zero-order valence-electron chi connectivity index (χ0n) is 24.9. The lowest BCUT2D eigenvalue weighted by molar-refractivity contribution is -0.138. The molecule has 0 heterocycles. The van der Waals surface area contributed by atoms with Gasteiger partial charge in [0.15, 0.2) is 0 Å². The maximum absolute atomic E-state index is 13.6. The van der Waals surface area contributed by atoms with E-state index in [1.807, 2.05) is 0 Å². The number of benzene rings is 5. The molecule has 8 N–H and O–H groups in total. The Labute approximate surface area is 278 Å². The van der Waals surface area contributed by atoms with Gasteiger partial charge in [0.05, 0.1) is 22.3 Å². The number of nitrogens with one attached hydrogen (secondary N) is 3. The number of carboxylic acids is 1. The van der Waals surface area contributed by atoms with Gasteiger partial charge in [0.25, 0.3) is 32.1 Å². The van der Waals surface area contributed by atoms with Crippen molar-refractivity contribution in [2.24, 2.45) is 5.73 Å². The third kappa shape index (κ3) is 8.06. The summed E-state index contributed by atoms with van der Waals surface area (Å²) in [5.41, 5.74) is 5.85. The molecule has 0 aliphatic rings. The topological polar surface area (TPSA) is 259 Å². The molecule has 49 heavy (non-hydrogen) atoms. The lowest BCUT2D eigenvalue weighted by Gasteiger charge is -2.15. The molecule has 0 unspecified atom stereocenters. The van der Waals surface area contributed by atoms with E-state index in [4.69, 9.17) is 10.8 Å². The van der Waals surface area contributed by atoms with Crippen LogP contribution in [-0.2, 0) is 29.8 Å². The maximum Gasteiger partial charge on any atom is 0.305 e. The Morgan fingerprint density at radius 3 is 1.49 bits per heavy atom. The lowest BCUT2D eigenvalue weighted by atomic mass is 10.0. The predicted octanol–water partition coefficient (Wildman–Crippen LogP) is 3.73. The monoisotopic (exact) mass is 706 g/mol. The van der Waals surface area contributed by atoms with Crippen molar-refractivity contribution in [3.63, 3.8) is 0 Å². The van der Waals surface area contributed by atoms with Gasteiger partial charge in [0.2, 0.25) is 5.91 Å². The van der Waals surface area contributed by atoms with Gasteiger partial charge in [0.1, 0.15) is 0 Å². The van der Waals surface area contributed by atoms with E-state index in [1.54, 1.807) is 12.1 Å². The molecule has 0 spiro atoms. The number of amides is 3. The van der Waals surface area contributed by atoms with Crippen LogP contribution in [-0.4, -0.2) is 60.8 Å². The van der Waals surface area contributed by atoms with E-state index in [2.05, 4.69) is 16.0 Å². The molecule has 0 fully saturated rings. The number of hydrogen-bond acceptors (Lipinski definition) is 9. The summed E-state index contributed by atoms with van der Waals surface area (Å²) in [5.74, 6) is -3.74. The summed E-state index contributed by atoms with van der Waals surface area (Å²) in [5, 5.41) is 18.4.